The molecule has 0 saturated heterocycles. The van der Waals surface area contributed by atoms with E-state index in [2.05, 4.69) is 46.1 Å². The second-order valence-corrected chi connectivity index (χ2v) is 4.71. The van der Waals surface area contributed by atoms with Crippen LogP contribution in [-0.2, 0) is 13.1 Å². The highest BCUT2D eigenvalue weighted by Gasteiger charge is 2.19. The summed E-state index contributed by atoms with van der Waals surface area (Å²) in [5.74, 6) is 0.549. The number of hydrogen-bond acceptors (Lipinski definition) is 2. The quantitative estimate of drug-likeness (QED) is 0.851. The third-order valence-electron chi connectivity index (χ3n) is 3.54. The van der Waals surface area contributed by atoms with Crippen molar-refractivity contribution in [3.8, 4) is 0 Å². The van der Waals surface area contributed by atoms with E-state index < -0.39 is 0 Å². The van der Waals surface area contributed by atoms with Crippen molar-refractivity contribution < 1.29 is 0 Å². The second-order valence-electron chi connectivity index (χ2n) is 4.71. The van der Waals surface area contributed by atoms with Gasteiger partial charge in [0.1, 0.15) is 0 Å². The number of nitrogens with one attached hydrogen (secondary N) is 1. The maximum absolute atomic E-state index is 4.19. The highest BCUT2D eigenvalue weighted by atomic mass is 15.0. The maximum Gasteiger partial charge on any atom is 0.0948 e. The number of imidazole rings is 1. The zero-order valence-electron chi connectivity index (χ0n) is 10.1. The summed E-state index contributed by atoms with van der Waals surface area (Å²) in [7, 11) is 0. The lowest BCUT2D eigenvalue weighted by Gasteiger charge is -2.27. The van der Waals surface area contributed by atoms with Gasteiger partial charge in [-0.3, -0.25) is 0 Å². The summed E-state index contributed by atoms with van der Waals surface area (Å²) in [5, 5.41) is 3.49. The molecule has 0 radical (unpaired) electrons. The van der Waals surface area contributed by atoms with Crippen LogP contribution >= 0.6 is 0 Å². The van der Waals surface area contributed by atoms with Crippen LogP contribution in [0.2, 0.25) is 0 Å². The molecule has 0 unspecified atom stereocenters. The number of aromatic nitrogens is 2. The number of hydrogen-bond donors (Lipinski definition) is 1. The summed E-state index contributed by atoms with van der Waals surface area (Å²) >= 11 is 0. The van der Waals surface area contributed by atoms with Crippen molar-refractivity contribution >= 4 is 0 Å². The minimum atomic E-state index is 0.549. The molecule has 17 heavy (non-hydrogen) atoms. The van der Waals surface area contributed by atoms with Gasteiger partial charge in [-0.1, -0.05) is 24.3 Å². The SMILES string of the molecule is Cc1cncn1C[C@H]1CNCc2ccccc21. The lowest BCUT2D eigenvalue weighted by atomic mass is 9.91. The molecule has 1 aliphatic heterocycles. The first-order valence-electron chi connectivity index (χ1n) is 6.10. The fraction of sp³-hybridized carbons (Fsp3) is 0.357. The Bertz CT molecular complexity index is 516. The molecule has 0 fully saturated rings. The Labute approximate surface area is 101 Å². The van der Waals surface area contributed by atoms with Crippen LogP contribution in [0.25, 0.3) is 0 Å². The third-order valence-corrected chi connectivity index (χ3v) is 3.54. The molecule has 2 heterocycles. The van der Waals surface area contributed by atoms with E-state index in [0.717, 1.165) is 19.6 Å². The molecule has 1 aliphatic rings. The van der Waals surface area contributed by atoms with Crippen LogP contribution in [-0.4, -0.2) is 16.1 Å². The predicted molar refractivity (Wildman–Crippen MR) is 67.9 cm³/mol. The Morgan fingerprint density at radius 3 is 3.12 bits per heavy atom. The van der Waals surface area contributed by atoms with E-state index in [0.29, 0.717) is 5.92 Å². The summed E-state index contributed by atoms with van der Waals surface area (Å²) in [6.07, 6.45) is 3.84. The van der Waals surface area contributed by atoms with Gasteiger partial charge in [0.2, 0.25) is 0 Å². The molecule has 88 valence electrons. The number of rotatable bonds is 2. The van der Waals surface area contributed by atoms with Gasteiger partial charge in [0.15, 0.2) is 0 Å². The minimum Gasteiger partial charge on any atom is -0.334 e. The average Bonchev–Trinajstić information content (AvgIpc) is 2.76. The van der Waals surface area contributed by atoms with Crippen molar-refractivity contribution in [2.45, 2.75) is 25.9 Å². The highest BCUT2D eigenvalue weighted by molar-refractivity contribution is 5.32. The Morgan fingerprint density at radius 1 is 1.41 bits per heavy atom. The van der Waals surface area contributed by atoms with Gasteiger partial charge < -0.3 is 9.88 Å². The van der Waals surface area contributed by atoms with Crippen LogP contribution in [0.4, 0.5) is 0 Å². The first-order valence-corrected chi connectivity index (χ1v) is 6.10. The third kappa shape index (κ3) is 1.98. The van der Waals surface area contributed by atoms with E-state index in [1.165, 1.54) is 16.8 Å². The molecular formula is C14H17N3. The number of aryl methyl sites for hydroxylation is 1. The molecule has 0 aliphatic carbocycles. The Hall–Kier alpha value is -1.61. The summed E-state index contributed by atoms with van der Waals surface area (Å²) in [6.45, 7) is 5.16. The van der Waals surface area contributed by atoms with Crippen LogP contribution in [0, 0.1) is 6.92 Å². The van der Waals surface area contributed by atoms with E-state index >= 15 is 0 Å². The fourth-order valence-electron chi connectivity index (χ4n) is 2.56. The summed E-state index contributed by atoms with van der Waals surface area (Å²) in [4.78, 5) is 4.19. The molecule has 0 spiro atoms. The molecule has 1 aromatic heterocycles. The van der Waals surface area contributed by atoms with Crippen molar-refractivity contribution in [1.82, 2.24) is 14.9 Å². The van der Waals surface area contributed by atoms with Crippen LogP contribution in [0.1, 0.15) is 22.7 Å². The van der Waals surface area contributed by atoms with Gasteiger partial charge in [-0.2, -0.15) is 0 Å². The van der Waals surface area contributed by atoms with Gasteiger partial charge in [0.25, 0.3) is 0 Å². The predicted octanol–water partition coefficient (Wildman–Crippen LogP) is 2.08. The Morgan fingerprint density at radius 2 is 2.29 bits per heavy atom. The molecule has 0 saturated carbocycles. The zero-order valence-corrected chi connectivity index (χ0v) is 10.1. The molecule has 1 aromatic carbocycles. The number of nitrogens with zero attached hydrogens (tertiary/aromatic N) is 2. The van der Waals surface area contributed by atoms with Crippen LogP contribution in [0.3, 0.4) is 0 Å². The minimum absolute atomic E-state index is 0.549. The molecular weight excluding hydrogens is 210 g/mol. The lowest BCUT2D eigenvalue weighted by molar-refractivity contribution is 0.477. The second kappa shape index (κ2) is 4.34. The van der Waals surface area contributed by atoms with E-state index in [1.807, 2.05) is 12.5 Å². The van der Waals surface area contributed by atoms with Crippen LogP contribution < -0.4 is 5.32 Å². The Kier molecular flexibility index (Phi) is 2.69. The molecule has 1 N–H and O–H groups in total. The van der Waals surface area contributed by atoms with Crippen molar-refractivity contribution in [2.24, 2.45) is 0 Å². The molecule has 3 rings (SSSR count). The smallest absolute Gasteiger partial charge is 0.0948 e. The first kappa shape index (κ1) is 10.5. The standard InChI is InChI=1S/C14H17N3/c1-11-6-16-10-17(11)9-13-8-15-7-12-4-2-3-5-14(12)13/h2-6,10,13,15H,7-9H2,1H3/t13-/m1/s1. The molecule has 0 amide bonds. The van der Waals surface area contributed by atoms with E-state index in [4.69, 9.17) is 0 Å². The first-order chi connectivity index (χ1) is 8.34. The fourth-order valence-corrected chi connectivity index (χ4v) is 2.56. The van der Waals surface area contributed by atoms with Crippen molar-refractivity contribution in [3.63, 3.8) is 0 Å². The van der Waals surface area contributed by atoms with Gasteiger partial charge in [0, 0.05) is 37.4 Å². The van der Waals surface area contributed by atoms with Crippen molar-refractivity contribution in [2.75, 3.05) is 6.54 Å². The van der Waals surface area contributed by atoms with E-state index in [1.54, 1.807) is 0 Å². The molecule has 3 nitrogen and oxygen atoms in total. The van der Waals surface area contributed by atoms with Gasteiger partial charge in [-0.05, 0) is 18.1 Å². The molecule has 1 atom stereocenters. The summed E-state index contributed by atoms with van der Waals surface area (Å²) in [6, 6.07) is 8.73. The highest BCUT2D eigenvalue weighted by Crippen LogP contribution is 2.25. The van der Waals surface area contributed by atoms with Gasteiger partial charge in [-0.25, -0.2) is 4.98 Å². The van der Waals surface area contributed by atoms with E-state index in [9.17, 15) is 0 Å². The molecule has 3 heteroatoms. The van der Waals surface area contributed by atoms with Crippen molar-refractivity contribution in [3.05, 3.63) is 53.6 Å². The topological polar surface area (TPSA) is 29.9 Å². The van der Waals surface area contributed by atoms with Crippen LogP contribution in [0.15, 0.2) is 36.8 Å². The normalized spacial score (nSPS) is 19.0. The summed E-state index contributed by atoms with van der Waals surface area (Å²) < 4.78 is 2.23. The summed E-state index contributed by atoms with van der Waals surface area (Å²) in [5.41, 5.74) is 4.15. The number of fused-ring (bicyclic) bond motifs is 1. The maximum atomic E-state index is 4.19. The van der Waals surface area contributed by atoms with Gasteiger partial charge >= 0.3 is 0 Å². The molecule has 2 aromatic rings. The van der Waals surface area contributed by atoms with Crippen molar-refractivity contribution in [1.29, 1.82) is 0 Å². The van der Waals surface area contributed by atoms with Crippen LogP contribution in [0.5, 0.6) is 0 Å². The van der Waals surface area contributed by atoms with E-state index in [-0.39, 0.29) is 0 Å². The lowest BCUT2D eigenvalue weighted by Crippen LogP contribution is -2.30. The number of benzene rings is 1. The average molecular weight is 227 g/mol. The largest absolute Gasteiger partial charge is 0.334 e. The zero-order chi connectivity index (χ0) is 11.7. The monoisotopic (exact) mass is 227 g/mol. The van der Waals surface area contributed by atoms with Gasteiger partial charge in [0.05, 0.1) is 6.33 Å². The Balaban J connectivity index is 1.88. The molecule has 0 bridgehead atoms. The van der Waals surface area contributed by atoms with Gasteiger partial charge in [-0.15, -0.1) is 0 Å².